The molecule has 15 heavy (non-hydrogen) atoms. The Balaban J connectivity index is 2.75. The van der Waals surface area contributed by atoms with Gasteiger partial charge in [0.05, 0.1) is 19.0 Å². The van der Waals surface area contributed by atoms with Crippen molar-refractivity contribution in [1.29, 1.82) is 0 Å². The van der Waals surface area contributed by atoms with Gasteiger partial charge in [-0.2, -0.15) is 4.98 Å². The van der Waals surface area contributed by atoms with E-state index < -0.39 is 0 Å². The Morgan fingerprint density at radius 2 is 2.47 bits per heavy atom. The topological polar surface area (TPSA) is 110 Å². The predicted molar refractivity (Wildman–Crippen MR) is 54.4 cm³/mol. The number of aliphatic hydroxyl groups is 1. The zero-order chi connectivity index (χ0) is 11.0. The van der Waals surface area contributed by atoms with E-state index in [1.54, 1.807) is 11.5 Å². The van der Waals surface area contributed by atoms with Crippen LogP contribution < -0.4 is 11.3 Å². The van der Waals surface area contributed by atoms with Crippen LogP contribution in [-0.2, 0) is 0 Å². The van der Waals surface area contributed by atoms with Crippen molar-refractivity contribution in [2.24, 2.45) is 0 Å². The number of aromatic nitrogens is 4. The Bertz CT molecular complexity index is 543. The average molecular weight is 209 g/mol. The minimum Gasteiger partial charge on any atom is -0.394 e. The first-order valence-electron chi connectivity index (χ1n) is 4.46. The second-order valence-corrected chi connectivity index (χ2v) is 3.31. The van der Waals surface area contributed by atoms with Crippen molar-refractivity contribution in [3.63, 3.8) is 0 Å². The smallest absolute Gasteiger partial charge is 0.278 e. The van der Waals surface area contributed by atoms with Gasteiger partial charge in [-0.3, -0.25) is 9.78 Å². The molecule has 7 nitrogen and oxygen atoms in total. The molecule has 2 rings (SSSR count). The normalized spacial score (nSPS) is 13.2. The molecule has 0 aliphatic heterocycles. The first-order valence-corrected chi connectivity index (χ1v) is 4.46. The summed E-state index contributed by atoms with van der Waals surface area (Å²) < 4.78 is 1.57. The van der Waals surface area contributed by atoms with Gasteiger partial charge < -0.3 is 15.4 Å². The second kappa shape index (κ2) is 3.35. The molecule has 4 N–H and O–H groups in total. The molecule has 7 heteroatoms. The lowest BCUT2D eigenvalue weighted by Gasteiger charge is -2.09. The molecule has 0 amide bonds. The number of imidazole rings is 1. The Kier molecular flexibility index (Phi) is 2.16. The minimum absolute atomic E-state index is 0.0365. The molecule has 80 valence electrons. The number of nitrogen functional groups attached to an aromatic ring is 1. The van der Waals surface area contributed by atoms with Crippen LogP contribution >= 0.6 is 0 Å². The predicted octanol–water partition coefficient (Wildman–Crippen LogP) is -0.745. The lowest BCUT2D eigenvalue weighted by molar-refractivity contribution is 0.241. The molecule has 0 aliphatic rings. The molecule has 1 unspecified atom stereocenters. The third-order valence-electron chi connectivity index (χ3n) is 2.20. The van der Waals surface area contributed by atoms with Crippen molar-refractivity contribution in [3.05, 3.63) is 16.7 Å². The van der Waals surface area contributed by atoms with Gasteiger partial charge in [-0.15, -0.1) is 0 Å². The lowest BCUT2D eigenvalue weighted by Crippen LogP contribution is -2.17. The highest BCUT2D eigenvalue weighted by atomic mass is 16.3. The number of nitrogens with one attached hydrogen (secondary N) is 1. The van der Waals surface area contributed by atoms with Gasteiger partial charge in [-0.1, -0.05) is 0 Å². The van der Waals surface area contributed by atoms with Gasteiger partial charge in [0.1, 0.15) is 0 Å². The average Bonchev–Trinajstić information content (AvgIpc) is 2.60. The van der Waals surface area contributed by atoms with Gasteiger partial charge in [0.25, 0.3) is 5.56 Å². The summed E-state index contributed by atoms with van der Waals surface area (Å²) >= 11 is 0. The number of aromatic amines is 1. The summed E-state index contributed by atoms with van der Waals surface area (Å²) in [5, 5.41) is 9.01. The fourth-order valence-corrected chi connectivity index (χ4v) is 1.39. The van der Waals surface area contributed by atoms with Crippen LogP contribution in [0.4, 0.5) is 5.95 Å². The van der Waals surface area contributed by atoms with Crippen molar-refractivity contribution in [2.75, 3.05) is 12.3 Å². The van der Waals surface area contributed by atoms with Crippen LogP contribution in [0.1, 0.15) is 13.0 Å². The molecule has 0 fully saturated rings. The van der Waals surface area contributed by atoms with E-state index in [-0.39, 0.29) is 29.8 Å². The maximum Gasteiger partial charge on any atom is 0.278 e. The van der Waals surface area contributed by atoms with Gasteiger partial charge >= 0.3 is 0 Å². The van der Waals surface area contributed by atoms with E-state index in [4.69, 9.17) is 10.8 Å². The molecule has 2 aromatic rings. The summed E-state index contributed by atoms with van der Waals surface area (Å²) in [6.45, 7) is 1.70. The molecule has 2 aromatic heterocycles. The molecular formula is C8H11N5O2. The number of nitrogens with two attached hydrogens (primary N) is 1. The first kappa shape index (κ1) is 9.66. The summed E-state index contributed by atoms with van der Waals surface area (Å²) in [5.41, 5.74) is 5.64. The summed E-state index contributed by atoms with van der Waals surface area (Å²) in [6.07, 6.45) is 1.47. The van der Waals surface area contributed by atoms with Crippen LogP contribution in [0.5, 0.6) is 0 Å². The minimum atomic E-state index is -0.352. The monoisotopic (exact) mass is 209 g/mol. The molecule has 0 saturated heterocycles. The maximum absolute atomic E-state index is 11.6. The Hall–Kier alpha value is -1.89. The lowest BCUT2D eigenvalue weighted by atomic mass is 10.3. The van der Waals surface area contributed by atoms with Gasteiger partial charge in [0, 0.05) is 0 Å². The molecule has 0 saturated carbocycles. The van der Waals surface area contributed by atoms with Crippen LogP contribution in [0.15, 0.2) is 11.1 Å². The van der Waals surface area contributed by atoms with E-state index in [0.717, 1.165) is 0 Å². The molecule has 0 aliphatic carbocycles. The van der Waals surface area contributed by atoms with Gasteiger partial charge in [0.2, 0.25) is 5.95 Å². The van der Waals surface area contributed by atoms with E-state index in [2.05, 4.69) is 15.0 Å². The fourth-order valence-electron chi connectivity index (χ4n) is 1.39. The Morgan fingerprint density at radius 3 is 3.13 bits per heavy atom. The van der Waals surface area contributed by atoms with Crippen molar-refractivity contribution in [3.8, 4) is 0 Å². The molecule has 2 heterocycles. The zero-order valence-electron chi connectivity index (χ0n) is 8.14. The number of anilines is 1. The van der Waals surface area contributed by atoms with Crippen LogP contribution in [0.3, 0.4) is 0 Å². The van der Waals surface area contributed by atoms with Crippen LogP contribution in [0, 0.1) is 0 Å². The highest BCUT2D eigenvalue weighted by Crippen LogP contribution is 2.12. The number of hydrogen-bond donors (Lipinski definition) is 3. The standard InChI is InChI=1S/C8H11N5O2/c1-4(2-14)13-3-10-6-5(13)7(15)12-8(9)11-6/h3-4,14H,2H2,1H3,(H3,9,11,12,15). The highest BCUT2D eigenvalue weighted by Gasteiger charge is 2.12. The Morgan fingerprint density at radius 1 is 1.73 bits per heavy atom. The summed E-state index contributed by atoms with van der Waals surface area (Å²) in [5.74, 6) is 0.0365. The molecule has 0 radical (unpaired) electrons. The zero-order valence-corrected chi connectivity index (χ0v) is 8.14. The van der Waals surface area contributed by atoms with Gasteiger partial charge in [-0.05, 0) is 6.92 Å². The van der Waals surface area contributed by atoms with E-state index in [9.17, 15) is 4.79 Å². The first-order chi connectivity index (χ1) is 7.13. The number of aliphatic hydroxyl groups excluding tert-OH is 1. The van der Waals surface area contributed by atoms with Crippen molar-refractivity contribution in [1.82, 2.24) is 19.5 Å². The van der Waals surface area contributed by atoms with Crippen LogP contribution in [0.25, 0.3) is 11.2 Å². The molecule has 0 aromatic carbocycles. The molecule has 0 bridgehead atoms. The van der Waals surface area contributed by atoms with E-state index in [0.29, 0.717) is 5.52 Å². The number of fused-ring (bicyclic) bond motifs is 1. The van der Waals surface area contributed by atoms with E-state index in [1.807, 2.05) is 0 Å². The second-order valence-electron chi connectivity index (χ2n) is 3.31. The maximum atomic E-state index is 11.6. The quantitative estimate of drug-likeness (QED) is 0.603. The van der Waals surface area contributed by atoms with Crippen molar-refractivity contribution >= 4 is 17.1 Å². The summed E-state index contributed by atoms with van der Waals surface area (Å²) in [7, 11) is 0. The van der Waals surface area contributed by atoms with Gasteiger partial charge in [-0.25, -0.2) is 4.98 Å². The number of hydrogen-bond acceptors (Lipinski definition) is 5. The Labute approximate surface area is 84.6 Å². The fraction of sp³-hybridized carbons (Fsp3) is 0.375. The third-order valence-corrected chi connectivity index (χ3v) is 2.20. The molecule has 1 atom stereocenters. The SMILES string of the molecule is CC(CO)n1cnc2nc(N)[nH]c(=O)c21. The third kappa shape index (κ3) is 1.46. The van der Waals surface area contributed by atoms with Gasteiger partial charge in [0.15, 0.2) is 11.2 Å². The van der Waals surface area contributed by atoms with Crippen molar-refractivity contribution < 1.29 is 5.11 Å². The van der Waals surface area contributed by atoms with E-state index in [1.165, 1.54) is 6.33 Å². The largest absolute Gasteiger partial charge is 0.394 e. The summed E-state index contributed by atoms with van der Waals surface area (Å²) in [6, 6.07) is -0.221. The molecule has 0 spiro atoms. The number of nitrogens with zero attached hydrogens (tertiary/aromatic N) is 3. The number of rotatable bonds is 2. The molecular weight excluding hydrogens is 198 g/mol. The van der Waals surface area contributed by atoms with E-state index >= 15 is 0 Å². The van der Waals surface area contributed by atoms with Crippen molar-refractivity contribution in [2.45, 2.75) is 13.0 Å². The highest BCUT2D eigenvalue weighted by molar-refractivity contribution is 5.70. The van der Waals surface area contributed by atoms with Crippen LogP contribution in [-0.4, -0.2) is 31.2 Å². The van der Waals surface area contributed by atoms with Crippen LogP contribution in [0.2, 0.25) is 0 Å². The number of H-pyrrole nitrogens is 1. The summed E-state index contributed by atoms with van der Waals surface area (Å²) in [4.78, 5) is 21.8.